The normalized spacial score (nSPS) is 23.8. The predicted octanol–water partition coefficient (Wildman–Crippen LogP) is 1.52. The van der Waals surface area contributed by atoms with E-state index in [-0.39, 0.29) is 11.8 Å². The predicted molar refractivity (Wildman–Crippen MR) is 70.8 cm³/mol. The third-order valence-corrected chi connectivity index (χ3v) is 3.65. The zero-order valence-electron chi connectivity index (χ0n) is 10.9. The molecule has 1 fully saturated rings. The van der Waals surface area contributed by atoms with Crippen molar-refractivity contribution in [2.75, 3.05) is 0 Å². The topological polar surface area (TPSA) is 68.0 Å². The minimum absolute atomic E-state index is 0.0835. The summed E-state index contributed by atoms with van der Waals surface area (Å²) in [6.45, 7) is 2.80. The van der Waals surface area contributed by atoms with Gasteiger partial charge in [0.2, 0.25) is 5.91 Å². The van der Waals surface area contributed by atoms with Gasteiger partial charge in [-0.3, -0.25) is 9.78 Å². The highest BCUT2D eigenvalue weighted by Gasteiger charge is 2.24. The lowest BCUT2D eigenvalue weighted by Gasteiger charge is -2.27. The molecule has 0 radical (unpaired) electrons. The first-order valence-corrected chi connectivity index (χ1v) is 6.60. The number of hydrogen-bond donors (Lipinski definition) is 2. The summed E-state index contributed by atoms with van der Waals surface area (Å²) in [6, 6.07) is 6.56. The zero-order valence-corrected chi connectivity index (χ0v) is 10.9. The van der Waals surface area contributed by atoms with Gasteiger partial charge >= 0.3 is 0 Å². The van der Waals surface area contributed by atoms with Crippen molar-refractivity contribution in [1.82, 2.24) is 10.3 Å². The lowest BCUT2D eigenvalue weighted by atomic mass is 9.85. The molecule has 0 atom stereocenters. The van der Waals surface area contributed by atoms with Crippen molar-refractivity contribution in [1.29, 1.82) is 0 Å². The highest BCUT2D eigenvalue weighted by molar-refractivity contribution is 5.76. The number of primary amides is 1. The molecule has 0 aliphatic heterocycles. The number of nitrogens with zero attached hydrogens (tertiary/aromatic N) is 1. The molecule has 3 N–H and O–H groups in total. The number of carbonyl (C=O) groups excluding carboxylic acids is 1. The molecule has 18 heavy (non-hydrogen) atoms. The van der Waals surface area contributed by atoms with Gasteiger partial charge in [0, 0.05) is 24.2 Å². The molecule has 1 amide bonds. The highest BCUT2D eigenvalue weighted by atomic mass is 16.1. The molecule has 98 valence electrons. The van der Waals surface area contributed by atoms with Crippen molar-refractivity contribution in [3.63, 3.8) is 0 Å². The molecule has 1 aromatic heterocycles. The fourth-order valence-electron chi connectivity index (χ4n) is 2.53. The van der Waals surface area contributed by atoms with Crippen molar-refractivity contribution in [2.45, 2.75) is 45.2 Å². The Morgan fingerprint density at radius 1 is 1.39 bits per heavy atom. The highest BCUT2D eigenvalue weighted by Crippen LogP contribution is 2.24. The Kier molecular flexibility index (Phi) is 4.31. The molecule has 4 nitrogen and oxygen atoms in total. The second kappa shape index (κ2) is 5.96. The van der Waals surface area contributed by atoms with Crippen LogP contribution in [-0.2, 0) is 11.3 Å². The number of amides is 1. The third kappa shape index (κ3) is 3.53. The van der Waals surface area contributed by atoms with Crippen LogP contribution >= 0.6 is 0 Å². The summed E-state index contributed by atoms with van der Waals surface area (Å²) in [6.07, 6.45) is 3.88. The van der Waals surface area contributed by atoms with Crippen LogP contribution in [0.1, 0.15) is 37.1 Å². The second-order valence-corrected chi connectivity index (χ2v) is 5.10. The number of carbonyl (C=O) groups is 1. The van der Waals surface area contributed by atoms with Crippen LogP contribution in [0.25, 0.3) is 0 Å². The molecule has 2 rings (SSSR count). The molecule has 4 heteroatoms. The largest absolute Gasteiger partial charge is 0.369 e. The average molecular weight is 247 g/mol. The first-order chi connectivity index (χ1) is 8.65. The van der Waals surface area contributed by atoms with Gasteiger partial charge in [-0.15, -0.1) is 0 Å². The molecule has 1 aliphatic rings. The lowest BCUT2D eigenvalue weighted by Crippen LogP contribution is -2.36. The van der Waals surface area contributed by atoms with Gasteiger partial charge in [0.1, 0.15) is 0 Å². The third-order valence-electron chi connectivity index (χ3n) is 3.65. The molecule has 0 bridgehead atoms. The van der Waals surface area contributed by atoms with Crippen molar-refractivity contribution < 1.29 is 4.79 Å². The minimum atomic E-state index is -0.145. The second-order valence-electron chi connectivity index (χ2n) is 5.10. The van der Waals surface area contributed by atoms with Gasteiger partial charge in [-0.1, -0.05) is 6.07 Å². The fourth-order valence-corrected chi connectivity index (χ4v) is 2.53. The first kappa shape index (κ1) is 13.0. The summed E-state index contributed by atoms with van der Waals surface area (Å²) in [5.41, 5.74) is 7.45. The van der Waals surface area contributed by atoms with E-state index in [4.69, 9.17) is 5.73 Å². The summed E-state index contributed by atoms with van der Waals surface area (Å²) in [4.78, 5) is 15.5. The van der Waals surface area contributed by atoms with Crippen molar-refractivity contribution in [3.8, 4) is 0 Å². The Bertz CT molecular complexity index is 411. The molecule has 0 saturated heterocycles. The van der Waals surface area contributed by atoms with Crippen molar-refractivity contribution in [3.05, 3.63) is 29.6 Å². The molecule has 0 spiro atoms. The monoisotopic (exact) mass is 247 g/mol. The van der Waals surface area contributed by atoms with E-state index in [0.29, 0.717) is 6.04 Å². The molecule has 0 aromatic carbocycles. The van der Waals surface area contributed by atoms with Crippen LogP contribution in [0, 0.1) is 12.8 Å². The maximum atomic E-state index is 11.1. The summed E-state index contributed by atoms with van der Waals surface area (Å²) in [5.74, 6) is -0.0612. The molecular weight excluding hydrogens is 226 g/mol. The van der Waals surface area contributed by atoms with Crippen LogP contribution in [0.5, 0.6) is 0 Å². The Hall–Kier alpha value is -1.42. The van der Waals surface area contributed by atoms with E-state index in [1.807, 2.05) is 25.1 Å². The minimum Gasteiger partial charge on any atom is -0.369 e. The lowest BCUT2D eigenvalue weighted by molar-refractivity contribution is -0.122. The molecule has 0 unspecified atom stereocenters. The van der Waals surface area contributed by atoms with E-state index in [2.05, 4.69) is 10.3 Å². The summed E-state index contributed by atoms with van der Waals surface area (Å²) in [5, 5.41) is 3.51. The van der Waals surface area contributed by atoms with Crippen LogP contribution in [0.15, 0.2) is 18.2 Å². The Morgan fingerprint density at radius 3 is 2.72 bits per heavy atom. The van der Waals surface area contributed by atoms with E-state index < -0.39 is 0 Å². The SMILES string of the molecule is Cc1cccc(CNC2CCC(C(N)=O)CC2)n1. The van der Waals surface area contributed by atoms with Crippen LogP contribution < -0.4 is 11.1 Å². The zero-order chi connectivity index (χ0) is 13.0. The van der Waals surface area contributed by atoms with Gasteiger partial charge in [-0.2, -0.15) is 0 Å². The summed E-state index contributed by atoms with van der Waals surface area (Å²) >= 11 is 0. The maximum absolute atomic E-state index is 11.1. The van der Waals surface area contributed by atoms with Gasteiger partial charge in [0.25, 0.3) is 0 Å². The maximum Gasteiger partial charge on any atom is 0.220 e. The molecule has 1 aromatic rings. The summed E-state index contributed by atoms with van der Waals surface area (Å²) < 4.78 is 0. The summed E-state index contributed by atoms with van der Waals surface area (Å²) in [7, 11) is 0. The van der Waals surface area contributed by atoms with Crippen molar-refractivity contribution >= 4 is 5.91 Å². The van der Waals surface area contributed by atoms with Crippen LogP contribution in [-0.4, -0.2) is 16.9 Å². The Balaban J connectivity index is 1.77. The first-order valence-electron chi connectivity index (χ1n) is 6.60. The van der Waals surface area contributed by atoms with Gasteiger partial charge < -0.3 is 11.1 Å². The number of aryl methyl sites for hydroxylation is 1. The number of nitrogens with one attached hydrogen (secondary N) is 1. The fraction of sp³-hybridized carbons (Fsp3) is 0.571. The number of pyridine rings is 1. The van der Waals surface area contributed by atoms with E-state index in [1.165, 1.54) is 0 Å². The number of aromatic nitrogens is 1. The Morgan fingerprint density at radius 2 is 2.11 bits per heavy atom. The van der Waals surface area contributed by atoms with Gasteiger partial charge in [0.15, 0.2) is 0 Å². The van der Waals surface area contributed by atoms with Crippen molar-refractivity contribution in [2.24, 2.45) is 11.7 Å². The molecule has 1 aliphatic carbocycles. The standard InChI is InChI=1S/C14H21N3O/c1-10-3-2-4-13(17-10)9-16-12-7-5-11(6-8-12)14(15)18/h2-4,11-12,16H,5-9H2,1H3,(H2,15,18). The van der Waals surface area contributed by atoms with Gasteiger partial charge in [-0.05, 0) is 44.7 Å². The average Bonchev–Trinajstić information content (AvgIpc) is 2.37. The van der Waals surface area contributed by atoms with E-state index in [1.54, 1.807) is 0 Å². The number of hydrogen-bond acceptors (Lipinski definition) is 3. The number of rotatable bonds is 4. The molecular formula is C14H21N3O. The van der Waals surface area contributed by atoms with Gasteiger partial charge in [0.05, 0.1) is 5.69 Å². The Labute approximate surface area is 108 Å². The van der Waals surface area contributed by atoms with E-state index in [0.717, 1.165) is 43.6 Å². The van der Waals surface area contributed by atoms with Crippen LogP contribution in [0.3, 0.4) is 0 Å². The quantitative estimate of drug-likeness (QED) is 0.847. The molecule has 1 saturated carbocycles. The van der Waals surface area contributed by atoms with Crippen LogP contribution in [0.4, 0.5) is 0 Å². The van der Waals surface area contributed by atoms with Gasteiger partial charge in [-0.25, -0.2) is 0 Å². The van der Waals surface area contributed by atoms with Crippen LogP contribution in [0.2, 0.25) is 0 Å². The molecule has 1 heterocycles. The number of nitrogens with two attached hydrogens (primary N) is 1. The smallest absolute Gasteiger partial charge is 0.220 e. The van der Waals surface area contributed by atoms with E-state index >= 15 is 0 Å². The van der Waals surface area contributed by atoms with E-state index in [9.17, 15) is 4.79 Å².